The third-order valence-electron chi connectivity index (χ3n) is 2.40. The first-order valence-corrected chi connectivity index (χ1v) is 4.08. The molecule has 0 amide bonds. The van der Waals surface area contributed by atoms with Crippen LogP contribution in [0.15, 0.2) is 0 Å². The minimum Gasteiger partial charge on any atom is -0.383 e. The molecule has 11 heavy (non-hydrogen) atoms. The molecule has 1 N–H and O–H groups in total. The molecule has 0 aromatic carbocycles. The summed E-state index contributed by atoms with van der Waals surface area (Å²) in [5, 5.41) is 3.31. The number of likely N-dealkylation sites (N-methyl/N-ethyl adjacent to an activating group) is 1. The normalized spacial score (nSPS) is 23.5. The van der Waals surface area contributed by atoms with Crippen LogP contribution < -0.4 is 5.32 Å². The van der Waals surface area contributed by atoms with Gasteiger partial charge in [0.25, 0.3) is 0 Å². The number of ether oxygens (including phenoxy) is 2. The lowest BCUT2D eigenvalue weighted by Gasteiger charge is -2.36. The molecular formula is C8H17NO2. The Bertz CT molecular complexity index is 105. The maximum atomic E-state index is 5.28. The Kier molecular flexibility index (Phi) is 3.30. The molecule has 0 spiro atoms. The smallest absolute Gasteiger partial charge is 0.0646 e. The highest BCUT2D eigenvalue weighted by Gasteiger charge is 2.30. The fourth-order valence-corrected chi connectivity index (χ4v) is 1.50. The van der Waals surface area contributed by atoms with Gasteiger partial charge >= 0.3 is 0 Å². The molecule has 1 aliphatic heterocycles. The maximum Gasteiger partial charge on any atom is 0.0646 e. The Hall–Kier alpha value is -0.120. The van der Waals surface area contributed by atoms with E-state index >= 15 is 0 Å². The van der Waals surface area contributed by atoms with Gasteiger partial charge < -0.3 is 14.8 Å². The summed E-state index contributed by atoms with van der Waals surface area (Å²) in [6.45, 7) is 2.49. The summed E-state index contributed by atoms with van der Waals surface area (Å²) in [6.07, 6.45) is 2.11. The van der Waals surface area contributed by atoms with Crippen molar-refractivity contribution in [2.45, 2.75) is 18.4 Å². The fourth-order valence-electron chi connectivity index (χ4n) is 1.50. The molecule has 0 aliphatic carbocycles. The van der Waals surface area contributed by atoms with Crippen molar-refractivity contribution in [3.05, 3.63) is 0 Å². The van der Waals surface area contributed by atoms with Crippen molar-refractivity contribution in [3.8, 4) is 0 Å². The molecule has 0 aromatic rings. The van der Waals surface area contributed by atoms with Gasteiger partial charge in [-0.05, 0) is 19.9 Å². The Balaban J connectivity index is 2.42. The molecule has 1 aliphatic rings. The molecule has 66 valence electrons. The van der Waals surface area contributed by atoms with E-state index in [9.17, 15) is 0 Å². The number of hydrogen-bond acceptors (Lipinski definition) is 3. The summed E-state index contributed by atoms with van der Waals surface area (Å²) in [6, 6.07) is 0. The number of methoxy groups -OCH3 is 1. The SMILES string of the molecule is CNC1(COC)CCOCC1. The van der Waals surface area contributed by atoms with E-state index in [1.54, 1.807) is 7.11 Å². The van der Waals surface area contributed by atoms with E-state index in [0.717, 1.165) is 32.7 Å². The lowest BCUT2D eigenvalue weighted by Crippen LogP contribution is -2.50. The molecule has 1 fully saturated rings. The van der Waals surface area contributed by atoms with Crippen molar-refractivity contribution in [1.82, 2.24) is 5.32 Å². The van der Waals surface area contributed by atoms with Crippen LogP contribution in [-0.2, 0) is 9.47 Å². The second kappa shape index (κ2) is 4.04. The van der Waals surface area contributed by atoms with Crippen LogP contribution in [0.1, 0.15) is 12.8 Å². The standard InChI is InChI=1S/C8H17NO2/c1-9-8(7-10-2)3-5-11-6-4-8/h9H,3-7H2,1-2H3. The summed E-state index contributed by atoms with van der Waals surface area (Å²) >= 11 is 0. The van der Waals surface area contributed by atoms with Gasteiger partial charge in [-0.15, -0.1) is 0 Å². The van der Waals surface area contributed by atoms with Gasteiger partial charge in [0, 0.05) is 25.9 Å². The highest BCUT2D eigenvalue weighted by atomic mass is 16.5. The van der Waals surface area contributed by atoms with Gasteiger partial charge in [-0.25, -0.2) is 0 Å². The molecule has 0 atom stereocenters. The van der Waals surface area contributed by atoms with Crippen LogP contribution >= 0.6 is 0 Å². The second-order valence-corrected chi connectivity index (χ2v) is 3.08. The molecule has 3 nitrogen and oxygen atoms in total. The lowest BCUT2D eigenvalue weighted by atomic mass is 9.91. The first kappa shape index (κ1) is 8.97. The van der Waals surface area contributed by atoms with Crippen molar-refractivity contribution in [2.24, 2.45) is 0 Å². The van der Waals surface area contributed by atoms with Crippen LogP contribution in [0.25, 0.3) is 0 Å². The third kappa shape index (κ3) is 2.15. The van der Waals surface area contributed by atoms with Crippen molar-refractivity contribution >= 4 is 0 Å². The third-order valence-corrected chi connectivity index (χ3v) is 2.40. The molecule has 3 heteroatoms. The lowest BCUT2D eigenvalue weighted by molar-refractivity contribution is 0.00405. The second-order valence-electron chi connectivity index (χ2n) is 3.08. The molecule has 0 bridgehead atoms. The molecule has 0 aromatic heterocycles. The summed E-state index contributed by atoms with van der Waals surface area (Å²) in [7, 11) is 3.74. The zero-order valence-electron chi connectivity index (χ0n) is 7.35. The van der Waals surface area contributed by atoms with Crippen LogP contribution in [-0.4, -0.2) is 39.5 Å². The van der Waals surface area contributed by atoms with E-state index in [-0.39, 0.29) is 5.54 Å². The van der Waals surface area contributed by atoms with E-state index in [2.05, 4.69) is 5.32 Å². The van der Waals surface area contributed by atoms with E-state index in [1.165, 1.54) is 0 Å². The average Bonchev–Trinajstić information content (AvgIpc) is 2.07. The zero-order chi connectivity index (χ0) is 8.16. The van der Waals surface area contributed by atoms with Gasteiger partial charge in [-0.1, -0.05) is 0 Å². The van der Waals surface area contributed by atoms with E-state index in [1.807, 2.05) is 7.05 Å². The topological polar surface area (TPSA) is 30.5 Å². The predicted octanol–water partition coefficient (Wildman–Crippen LogP) is 0.401. The number of nitrogens with one attached hydrogen (secondary N) is 1. The minimum absolute atomic E-state index is 0.174. The number of rotatable bonds is 3. The van der Waals surface area contributed by atoms with Gasteiger partial charge in [0.15, 0.2) is 0 Å². The van der Waals surface area contributed by atoms with Crippen LogP contribution in [0, 0.1) is 0 Å². The highest BCUT2D eigenvalue weighted by molar-refractivity contribution is 4.88. The van der Waals surface area contributed by atoms with Gasteiger partial charge in [-0.3, -0.25) is 0 Å². The van der Waals surface area contributed by atoms with E-state index in [0.29, 0.717) is 0 Å². The molecule has 0 saturated carbocycles. The summed E-state index contributed by atoms with van der Waals surface area (Å²) in [4.78, 5) is 0. The first-order valence-electron chi connectivity index (χ1n) is 4.08. The van der Waals surface area contributed by atoms with Crippen molar-refractivity contribution in [3.63, 3.8) is 0 Å². The van der Waals surface area contributed by atoms with E-state index < -0.39 is 0 Å². The highest BCUT2D eigenvalue weighted by Crippen LogP contribution is 2.19. The quantitative estimate of drug-likeness (QED) is 0.646. The Morgan fingerprint density at radius 1 is 1.45 bits per heavy atom. The summed E-state index contributed by atoms with van der Waals surface area (Å²) in [5.74, 6) is 0. The van der Waals surface area contributed by atoms with Crippen molar-refractivity contribution in [2.75, 3.05) is 34.0 Å². The van der Waals surface area contributed by atoms with Crippen molar-refractivity contribution in [1.29, 1.82) is 0 Å². The molecule has 1 rings (SSSR count). The monoisotopic (exact) mass is 159 g/mol. The van der Waals surface area contributed by atoms with Gasteiger partial charge in [0.1, 0.15) is 0 Å². The summed E-state index contributed by atoms with van der Waals surface area (Å²) in [5.41, 5.74) is 0.174. The Morgan fingerprint density at radius 3 is 2.55 bits per heavy atom. The van der Waals surface area contributed by atoms with Crippen LogP contribution in [0.2, 0.25) is 0 Å². The minimum atomic E-state index is 0.174. The average molecular weight is 159 g/mol. The maximum absolute atomic E-state index is 5.28. The van der Waals surface area contributed by atoms with Crippen LogP contribution in [0.3, 0.4) is 0 Å². The summed E-state index contributed by atoms with van der Waals surface area (Å²) < 4.78 is 10.4. The van der Waals surface area contributed by atoms with Gasteiger partial charge in [0.2, 0.25) is 0 Å². The molecule has 1 heterocycles. The van der Waals surface area contributed by atoms with Crippen molar-refractivity contribution < 1.29 is 9.47 Å². The zero-order valence-corrected chi connectivity index (χ0v) is 7.35. The van der Waals surface area contributed by atoms with Gasteiger partial charge in [-0.2, -0.15) is 0 Å². The molecular weight excluding hydrogens is 142 g/mol. The van der Waals surface area contributed by atoms with Crippen LogP contribution in [0.4, 0.5) is 0 Å². The number of hydrogen-bond donors (Lipinski definition) is 1. The Morgan fingerprint density at radius 2 is 2.09 bits per heavy atom. The molecule has 0 radical (unpaired) electrons. The Labute approximate surface area is 68.1 Å². The largest absolute Gasteiger partial charge is 0.383 e. The van der Waals surface area contributed by atoms with E-state index in [4.69, 9.17) is 9.47 Å². The van der Waals surface area contributed by atoms with Crippen LogP contribution in [0.5, 0.6) is 0 Å². The van der Waals surface area contributed by atoms with Gasteiger partial charge in [0.05, 0.1) is 6.61 Å². The molecule has 0 unspecified atom stereocenters. The first-order chi connectivity index (χ1) is 5.33. The predicted molar refractivity (Wildman–Crippen MR) is 43.7 cm³/mol. The molecule has 1 saturated heterocycles. The fraction of sp³-hybridized carbons (Fsp3) is 1.00.